The van der Waals surface area contributed by atoms with E-state index in [1.165, 1.54) is 38.2 Å². The van der Waals surface area contributed by atoms with E-state index in [0.29, 0.717) is 18.2 Å². The van der Waals surface area contributed by atoms with Crippen LogP contribution in [0.3, 0.4) is 0 Å². The van der Waals surface area contributed by atoms with Gasteiger partial charge < -0.3 is 5.32 Å². The molecule has 0 bridgehead atoms. The van der Waals surface area contributed by atoms with Crippen LogP contribution in [-0.2, 0) is 6.54 Å². The maximum Gasteiger partial charge on any atom is 0.145 e. The molecule has 1 aliphatic carbocycles. The molecule has 108 valence electrons. The van der Waals surface area contributed by atoms with Crippen LogP contribution in [0.5, 0.6) is 0 Å². The van der Waals surface area contributed by atoms with Crippen LogP contribution in [0.25, 0.3) is 0 Å². The average Bonchev–Trinajstić information content (AvgIpc) is 2.50. The van der Waals surface area contributed by atoms with Crippen LogP contribution in [0.15, 0.2) is 18.2 Å². The summed E-state index contributed by atoms with van der Waals surface area (Å²) >= 11 is 0. The van der Waals surface area contributed by atoms with E-state index in [1.54, 1.807) is 12.1 Å². The Kier molecular flexibility index (Phi) is 5.55. The van der Waals surface area contributed by atoms with E-state index in [-0.39, 0.29) is 11.4 Å². The molecule has 0 spiro atoms. The van der Waals surface area contributed by atoms with Crippen molar-refractivity contribution >= 4 is 0 Å². The molecule has 0 heterocycles. The highest BCUT2D eigenvalue weighted by atomic mass is 19.1. The van der Waals surface area contributed by atoms with Crippen molar-refractivity contribution in [2.75, 3.05) is 0 Å². The van der Waals surface area contributed by atoms with Crippen molar-refractivity contribution in [3.63, 3.8) is 0 Å². The number of nitrogens with one attached hydrogen (secondary N) is 1. The lowest BCUT2D eigenvalue weighted by Gasteiger charge is -2.30. The van der Waals surface area contributed by atoms with Gasteiger partial charge in [0.25, 0.3) is 0 Å². The van der Waals surface area contributed by atoms with Crippen molar-refractivity contribution in [3.8, 4) is 6.07 Å². The van der Waals surface area contributed by atoms with Crippen LogP contribution in [0.1, 0.15) is 56.6 Å². The highest BCUT2D eigenvalue weighted by Gasteiger charge is 2.22. The third kappa shape index (κ3) is 3.58. The highest BCUT2D eigenvalue weighted by molar-refractivity contribution is 5.34. The molecule has 0 saturated heterocycles. The van der Waals surface area contributed by atoms with Crippen LogP contribution < -0.4 is 5.32 Å². The van der Waals surface area contributed by atoms with Gasteiger partial charge in [-0.1, -0.05) is 38.3 Å². The zero-order chi connectivity index (χ0) is 14.4. The van der Waals surface area contributed by atoms with Gasteiger partial charge in [0.05, 0.1) is 5.56 Å². The summed E-state index contributed by atoms with van der Waals surface area (Å²) in [7, 11) is 0. The Hall–Kier alpha value is -1.40. The summed E-state index contributed by atoms with van der Waals surface area (Å²) in [5.74, 6) is 0.344. The fraction of sp³-hybridized carbons (Fsp3) is 0.588. The standard InChI is InChI=1S/C17H23FN2/c1-2-16(13-7-4-3-5-8-13)20-12-15-10-6-9-14(11-19)17(15)18/h6,9-10,13,16,20H,2-5,7-8,12H2,1H3. The molecule has 2 rings (SSSR count). The summed E-state index contributed by atoms with van der Waals surface area (Å²) in [4.78, 5) is 0. The Bertz CT molecular complexity index is 472. The summed E-state index contributed by atoms with van der Waals surface area (Å²) in [5, 5.41) is 12.4. The molecular formula is C17H23FN2. The van der Waals surface area contributed by atoms with Gasteiger partial charge in [-0.25, -0.2) is 4.39 Å². The van der Waals surface area contributed by atoms with Gasteiger partial charge in [0, 0.05) is 18.2 Å². The van der Waals surface area contributed by atoms with E-state index in [4.69, 9.17) is 5.26 Å². The quantitative estimate of drug-likeness (QED) is 0.875. The minimum atomic E-state index is -0.374. The number of halogens is 1. The molecule has 0 aliphatic heterocycles. The van der Waals surface area contributed by atoms with Crippen molar-refractivity contribution < 1.29 is 4.39 Å². The van der Waals surface area contributed by atoms with Crippen molar-refractivity contribution in [3.05, 3.63) is 35.1 Å². The Balaban J connectivity index is 1.98. The maximum atomic E-state index is 14.0. The second kappa shape index (κ2) is 7.40. The monoisotopic (exact) mass is 274 g/mol. The first-order valence-corrected chi connectivity index (χ1v) is 7.67. The smallest absolute Gasteiger partial charge is 0.145 e. The summed E-state index contributed by atoms with van der Waals surface area (Å²) < 4.78 is 14.0. The van der Waals surface area contributed by atoms with Crippen LogP contribution in [0, 0.1) is 23.1 Å². The molecule has 0 aromatic heterocycles. The average molecular weight is 274 g/mol. The van der Waals surface area contributed by atoms with Gasteiger partial charge in [0.15, 0.2) is 0 Å². The molecule has 1 aromatic carbocycles. The zero-order valence-corrected chi connectivity index (χ0v) is 12.2. The zero-order valence-electron chi connectivity index (χ0n) is 12.2. The van der Waals surface area contributed by atoms with Gasteiger partial charge >= 0.3 is 0 Å². The van der Waals surface area contributed by atoms with Gasteiger partial charge in [-0.05, 0) is 31.2 Å². The number of hydrogen-bond donors (Lipinski definition) is 1. The molecule has 0 amide bonds. The summed E-state index contributed by atoms with van der Waals surface area (Å²) in [6.07, 6.45) is 7.64. The molecule has 0 radical (unpaired) electrons. The fourth-order valence-corrected chi connectivity index (χ4v) is 3.22. The predicted octanol–water partition coefficient (Wildman–Crippen LogP) is 4.15. The van der Waals surface area contributed by atoms with E-state index in [1.807, 2.05) is 6.07 Å². The molecule has 1 unspecified atom stereocenters. The predicted molar refractivity (Wildman–Crippen MR) is 78.6 cm³/mol. The van der Waals surface area contributed by atoms with Crippen molar-refractivity contribution in [1.82, 2.24) is 5.32 Å². The molecule has 1 saturated carbocycles. The van der Waals surface area contributed by atoms with Gasteiger partial charge in [0.2, 0.25) is 0 Å². The van der Waals surface area contributed by atoms with E-state index in [9.17, 15) is 4.39 Å². The molecule has 20 heavy (non-hydrogen) atoms. The van der Waals surface area contributed by atoms with Gasteiger partial charge in [0.1, 0.15) is 11.9 Å². The number of hydrogen-bond acceptors (Lipinski definition) is 2. The van der Waals surface area contributed by atoms with Crippen LogP contribution >= 0.6 is 0 Å². The Morgan fingerprint density at radius 3 is 2.75 bits per heavy atom. The molecular weight excluding hydrogens is 251 g/mol. The first-order valence-electron chi connectivity index (χ1n) is 7.67. The molecule has 1 aliphatic rings. The normalized spacial score (nSPS) is 17.6. The second-order valence-electron chi connectivity index (χ2n) is 5.68. The van der Waals surface area contributed by atoms with Gasteiger partial charge in [-0.3, -0.25) is 0 Å². The number of nitriles is 1. The Labute approximate surface area is 121 Å². The van der Waals surface area contributed by atoms with Crippen molar-refractivity contribution in [2.24, 2.45) is 5.92 Å². The molecule has 1 atom stereocenters. The van der Waals surface area contributed by atoms with E-state index in [0.717, 1.165) is 12.3 Å². The third-order valence-corrected chi connectivity index (χ3v) is 4.41. The SMILES string of the molecule is CCC(NCc1cccc(C#N)c1F)C1CCCCC1. The lowest BCUT2D eigenvalue weighted by molar-refractivity contribution is 0.261. The Morgan fingerprint density at radius 2 is 2.10 bits per heavy atom. The first-order chi connectivity index (χ1) is 9.76. The maximum absolute atomic E-state index is 14.0. The minimum Gasteiger partial charge on any atom is -0.310 e. The molecule has 1 aromatic rings. The van der Waals surface area contributed by atoms with Crippen LogP contribution in [-0.4, -0.2) is 6.04 Å². The fourth-order valence-electron chi connectivity index (χ4n) is 3.22. The van der Waals surface area contributed by atoms with E-state index in [2.05, 4.69) is 12.2 Å². The molecule has 1 fully saturated rings. The van der Waals surface area contributed by atoms with Crippen molar-refractivity contribution in [2.45, 2.75) is 58.0 Å². The van der Waals surface area contributed by atoms with Crippen molar-refractivity contribution in [1.29, 1.82) is 5.26 Å². The summed E-state index contributed by atoms with van der Waals surface area (Å²) in [6, 6.07) is 7.39. The lowest BCUT2D eigenvalue weighted by atomic mass is 9.83. The summed E-state index contributed by atoms with van der Waals surface area (Å²) in [5.41, 5.74) is 0.730. The summed E-state index contributed by atoms with van der Waals surface area (Å²) in [6.45, 7) is 2.70. The van der Waals surface area contributed by atoms with Gasteiger partial charge in [-0.15, -0.1) is 0 Å². The molecule has 2 nitrogen and oxygen atoms in total. The minimum absolute atomic E-state index is 0.134. The number of nitrogens with zero attached hydrogens (tertiary/aromatic N) is 1. The molecule has 3 heteroatoms. The van der Waals surface area contributed by atoms with E-state index < -0.39 is 0 Å². The second-order valence-corrected chi connectivity index (χ2v) is 5.68. The molecule has 1 N–H and O–H groups in total. The largest absolute Gasteiger partial charge is 0.310 e. The first kappa shape index (κ1) is 15.0. The number of rotatable bonds is 5. The lowest BCUT2D eigenvalue weighted by Crippen LogP contribution is -2.36. The van der Waals surface area contributed by atoms with Gasteiger partial charge in [-0.2, -0.15) is 5.26 Å². The van der Waals surface area contributed by atoms with Crippen LogP contribution in [0.2, 0.25) is 0 Å². The highest BCUT2D eigenvalue weighted by Crippen LogP contribution is 2.28. The number of benzene rings is 1. The van der Waals surface area contributed by atoms with E-state index >= 15 is 0 Å². The van der Waals surface area contributed by atoms with Crippen LogP contribution in [0.4, 0.5) is 4.39 Å². The Morgan fingerprint density at radius 1 is 1.35 bits per heavy atom. The third-order valence-electron chi connectivity index (χ3n) is 4.41. The topological polar surface area (TPSA) is 35.8 Å².